The van der Waals surface area contributed by atoms with Gasteiger partial charge in [0.15, 0.2) is 5.58 Å². The van der Waals surface area contributed by atoms with Crippen molar-refractivity contribution in [2.75, 3.05) is 9.80 Å². The molecular formula is C88H82N2O2. The zero-order chi connectivity index (χ0) is 61.4. The second-order valence-corrected chi connectivity index (χ2v) is 27.8. The smallest absolute Gasteiger partial charge is 0.159 e. The van der Waals surface area contributed by atoms with Gasteiger partial charge in [-0.3, -0.25) is 0 Å². The molecule has 0 amide bonds. The summed E-state index contributed by atoms with van der Waals surface area (Å²) >= 11 is 0. The van der Waals surface area contributed by atoms with Crippen molar-refractivity contribution in [1.29, 1.82) is 0 Å². The number of anilines is 6. The number of nitrogens with zero attached hydrogens (tertiary/aromatic N) is 2. The molecule has 456 valence electrons. The molecule has 0 spiro atoms. The summed E-state index contributed by atoms with van der Waals surface area (Å²) in [4.78, 5) is 5.02. The van der Waals surface area contributed by atoms with Gasteiger partial charge in [-0.2, -0.15) is 0 Å². The molecule has 92 heavy (non-hydrogen) atoms. The van der Waals surface area contributed by atoms with E-state index in [1.165, 1.54) is 185 Å². The van der Waals surface area contributed by atoms with Gasteiger partial charge in [-0.25, -0.2) is 0 Å². The highest BCUT2D eigenvalue weighted by molar-refractivity contribution is 6.30. The van der Waals surface area contributed by atoms with Gasteiger partial charge in [0.05, 0.1) is 22.7 Å². The van der Waals surface area contributed by atoms with Gasteiger partial charge in [-0.15, -0.1) is 0 Å². The number of furan rings is 1. The Morgan fingerprint density at radius 1 is 0.315 bits per heavy atom. The van der Waals surface area contributed by atoms with E-state index in [1.54, 1.807) is 0 Å². The highest BCUT2D eigenvalue weighted by Gasteiger charge is 2.32. The van der Waals surface area contributed by atoms with Crippen molar-refractivity contribution < 1.29 is 9.52 Å². The van der Waals surface area contributed by atoms with Gasteiger partial charge in [-0.05, 0) is 221 Å². The quantitative estimate of drug-likeness (QED) is 0.117. The second kappa shape index (κ2) is 23.8. The summed E-state index contributed by atoms with van der Waals surface area (Å²) in [6.07, 6.45) is 22.4. The maximum atomic E-state index is 13.3. The average molecular weight is 1200 g/mol. The summed E-state index contributed by atoms with van der Waals surface area (Å²) in [5.41, 5.74) is 22.8. The van der Waals surface area contributed by atoms with Gasteiger partial charge >= 0.3 is 0 Å². The van der Waals surface area contributed by atoms with Crippen molar-refractivity contribution in [3.63, 3.8) is 0 Å². The van der Waals surface area contributed by atoms with E-state index in [-0.39, 0.29) is 5.75 Å². The Morgan fingerprint density at radius 2 is 0.728 bits per heavy atom. The molecule has 0 unspecified atom stereocenters. The van der Waals surface area contributed by atoms with Gasteiger partial charge in [0.1, 0.15) is 11.3 Å². The highest BCUT2D eigenvalue weighted by atomic mass is 16.3. The van der Waals surface area contributed by atoms with Crippen LogP contribution in [-0.2, 0) is 0 Å². The van der Waals surface area contributed by atoms with Gasteiger partial charge in [0.25, 0.3) is 0 Å². The number of phenols is 1. The van der Waals surface area contributed by atoms with Crippen molar-refractivity contribution >= 4 is 88.4 Å². The lowest BCUT2D eigenvalue weighted by Gasteiger charge is -2.32. The van der Waals surface area contributed by atoms with E-state index in [1.807, 2.05) is 0 Å². The molecular weight excluding hydrogens is 1120 g/mol. The summed E-state index contributed by atoms with van der Waals surface area (Å²) in [5, 5.41) is 23.4. The molecule has 4 saturated carbocycles. The molecule has 12 aromatic carbocycles. The maximum Gasteiger partial charge on any atom is 0.159 e. The lowest BCUT2D eigenvalue weighted by atomic mass is 9.82. The normalized spacial score (nSPS) is 16.3. The monoisotopic (exact) mass is 1200 g/mol. The van der Waals surface area contributed by atoms with E-state index < -0.39 is 0 Å². The van der Waals surface area contributed by atoms with Crippen LogP contribution in [-0.4, -0.2) is 5.11 Å². The van der Waals surface area contributed by atoms with Crippen LogP contribution in [0.1, 0.15) is 173 Å². The molecule has 1 heterocycles. The van der Waals surface area contributed by atoms with Crippen LogP contribution >= 0.6 is 0 Å². The van der Waals surface area contributed by atoms with Crippen molar-refractivity contribution in [2.24, 2.45) is 0 Å². The number of rotatable bonds is 13. The Labute approximate surface area is 542 Å². The van der Waals surface area contributed by atoms with E-state index in [2.05, 4.69) is 236 Å². The van der Waals surface area contributed by atoms with Crippen LogP contribution < -0.4 is 9.80 Å². The van der Waals surface area contributed by atoms with Gasteiger partial charge in [0, 0.05) is 44.0 Å². The third-order valence-corrected chi connectivity index (χ3v) is 22.5. The van der Waals surface area contributed by atoms with Gasteiger partial charge in [-0.1, -0.05) is 222 Å². The molecule has 0 atom stereocenters. The van der Waals surface area contributed by atoms with Crippen molar-refractivity contribution in [1.82, 2.24) is 0 Å². The molecule has 4 aliphatic carbocycles. The van der Waals surface area contributed by atoms with Crippen molar-refractivity contribution in [2.45, 2.75) is 153 Å². The van der Waals surface area contributed by atoms with Crippen LogP contribution in [0.2, 0.25) is 0 Å². The van der Waals surface area contributed by atoms with Crippen LogP contribution in [0.25, 0.3) is 87.6 Å². The summed E-state index contributed by atoms with van der Waals surface area (Å²) < 4.78 is 7.47. The Balaban J connectivity index is 0.930. The maximum absolute atomic E-state index is 13.3. The van der Waals surface area contributed by atoms with Crippen LogP contribution in [0.5, 0.6) is 5.75 Å². The first-order chi connectivity index (χ1) is 45.4. The molecule has 0 aliphatic heterocycles. The SMILES string of the molecule is Cc1ccccc1-c1cccc(-c2cccc(N(c3ccc(C4CCCCC4)cc3)c3cc(C4CCCC4)c4ccc5c(N(c6ccc(C7CCCCC7)cc6)c6cccc7c6oc6c(-c8ccccc8C)cccc67)cc(C6CCCC6)c6ccc3c4c65)c2O)c1. The van der Waals surface area contributed by atoms with Gasteiger partial charge in [0.2, 0.25) is 0 Å². The highest BCUT2D eigenvalue weighted by Crippen LogP contribution is 2.56. The molecule has 0 bridgehead atoms. The topological polar surface area (TPSA) is 39.9 Å². The minimum Gasteiger partial charge on any atom is -0.505 e. The molecule has 4 heteroatoms. The third kappa shape index (κ3) is 9.85. The fourth-order valence-corrected chi connectivity index (χ4v) is 17.8. The summed E-state index contributed by atoms with van der Waals surface area (Å²) in [6.45, 7) is 4.39. The fourth-order valence-electron chi connectivity index (χ4n) is 17.8. The molecule has 1 aromatic heterocycles. The number of fused-ring (bicyclic) bond motifs is 3. The largest absolute Gasteiger partial charge is 0.505 e. The summed E-state index contributed by atoms with van der Waals surface area (Å²) in [5.74, 6) is 2.26. The Morgan fingerprint density at radius 3 is 1.28 bits per heavy atom. The number of aryl methyl sites for hydroxylation is 2. The first-order valence-electron chi connectivity index (χ1n) is 35.0. The van der Waals surface area contributed by atoms with Crippen LogP contribution in [0.15, 0.2) is 217 Å². The van der Waals surface area contributed by atoms with Gasteiger partial charge < -0.3 is 19.3 Å². The number of hydrogen-bond donors (Lipinski definition) is 1. The van der Waals surface area contributed by atoms with Crippen molar-refractivity contribution in [3.05, 3.63) is 246 Å². The first kappa shape index (κ1) is 56.8. The predicted octanol–water partition coefficient (Wildman–Crippen LogP) is 26.2. The lowest BCUT2D eigenvalue weighted by Crippen LogP contribution is -2.14. The zero-order valence-electron chi connectivity index (χ0n) is 53.5. The van der Waals surface area contributed by atoms with Crippen LogP contribution in [0.3, 0.4) is 0 Å². The number of benzene rings is 12. The molecule has 4 aliphatic rings. The Bertz CT molecular complexity index is 4890. The number of hydrogen-bond acceptors (Lipinski definition) is 4. The third-order valence-electron chi connectivity index (χ3n) is 22.5. The van der Waals surface area contributed by atoms with E-state index in [0.29, 0.717) is 23.7 Å². The molecule has 0 saturated heterocycles. The second-order valence-electron chi connectivity index (χ2n) is 27.8. The first-order valence-corrected chi connectivity index (χ1v) is 35.0. The average Bonchev–Trinajstić information content (AvgIpc) is 0.849. The number of aromatic hydroxyl groups is 1. The minimum atomic E-state index is 0.278. The van der Waals surface area contributed by atoms with Crippen LogP contribution in [0, 0.1) is 13.8 Å². The summed E-state index contributed by atoms with van der Waals surface area (Å²) in [6, 6.07) is 80.4. The fraction of sp³-hybridized carbons (Fsp3) is 0.273. The van der Waals surface area contributed by atoms with E-state index in [0.717, 1.165) is 85.5 Å². The molecule has 4 fully saturated rings. The van der Waals surface area contributed by atoms with E-state index >= 15 is 0 Å². The summed E-state index contributed by atoms with van der Waals surface area (Å²) in [7, 11) is 0. The number of para-hydroxylation sites is 3. The molecule has 1 N–H and O–H groups in total. The standard InChI is InChI=1S/C88H82N2O2/c1-56-21-9-15-33-68(56)64-31-17-32-65(53-64)70-35-19-39-80(86(70)91)89(66-45-41-60(42-46-66)58-23-5-3-6-24-58)82-54-78(62-27-11-12-28-62)71-50-52-77-83(55-79(63-29-13-14-30-63)72-49-51-76(82)84(71)85(72)77)90(67-47-43-61(44-48-67)59-25-7-4-8-26-59)81-40-20-38-75-74-37-18-36-73(87(74)92-88(75)81)69-34-16-10-22-57(69)2/h9-10,15-22,31-55,58-59,62-63,91H,3-8,11-14,23-30H2,1-2H3. The Hall–Kier alpha value is -9.12. The van der Waals surface area contributed by atoms with Crippen molar-refractivity contribution in [3.8, 4) is 39.1 Å². The Kier molecular flexibility index (Phi) is 14.7. The number of phenolic OH excluding ortho intramolecular Hbond substituents is 1. The van der Waals surface area contributed by atoms with E-state index in [9.17, 15) is 5.11 Å². The van der Waals surface area contributed by atoms with E-state index in [4.69, 9.17) is 4.42 Å². The predicted molar refractivity (Wildman–Crippen MR) is 388 cm³/mol. The van der Waals surface area contributed by atoms with Crippen LogP contribution in [0.4, 0.5) is 34.1 Å². The molecule has 4 nitrogen and oxygen atoms in total. The molecule has 0 radical (unpaired) electrons. The minimum absolute atomic E-state index is 0.278. The molecule has 17 rings (SSSR count). The zero-order valence-corrected chi connectivity index (χ0v) is 53.5. The molecule has 13 aromatic rings. The lowest BCUT2D eigenvalue weighted by molar-refractivity contribution is 0.443.